The van der Waals surface area contributed by atoms with Gasteiger partial charge < -0.3 is 15.0 Å². The van der Waals surface area contributed by atoms with Crippen molar-refractivity contribution in [3.63, 3.8) is 0 Å². The van der Waals surface area contributed by atoms with Crippen LogP contribution >= 0.6 is 0 Å². The maximum atomic E-state index is 14.1. The number of unbranched alkanes of at least 4 members (excludes halogenated alkanes) is 1. The molecule has 0 unspecified atom stereocenters. The smallest absolute Gasteiger partial charge is 0.264 e. The van der Waals surface area contributed by atoms with Crippen LogP contribution in [0.5, 0.6) is 5.75 Å². The fourth-order valence-corrected chi connectivity index (χ4v) is 6.07. The van der Waals surface area contributed by atoms with Gasteiger partial charge in [-0.25, -0.2) is 8.42 Å². The zero-order valence-corrected chi connectivity index (χ0v) is 25.2. The van der Waals surface area contributed by atoms with E-state index >= 15 is 0 Å². The third-order valence-electron chi connectivity index (χ3n) is 6.91. The van der Waals surface area contributed by atoms with E-state index in [-0.39, 0.29) is 23.0 Å². The van der Waals surface area contributed by atoms with Gasteiger partial charge in [0, 0.05) is 13.1 Å². The number of benzene rings is 3. The number of nitrogens with one attached hydrogen (secondary N) is 1. The summed E-state index contributed by atoms with van der Waals surface area (Å²) in [7, 11) is -2.70. The van der Waals surface area contributed by atoms with Crippen LogP contribution in [0.3, 0.4) is 0 Å². The first-order chi connectivity index (χ1) is 19.7. The number of hydrogen-bond donors (Lipinski definition) is 1. The van der Waals surface area contributed by atoms with Gasteiger partial charge in [0.25, 0.3) is 10.0 Å². The second-order valence-corrected chi connectivity index (χ2v) is 11.8. The van der Waals surface area contributed by atoms with E-state index in [1.807, 2.05) is 57.2 Å². The summed E-state index contributed by atoms with van der Waals surface area (Å²) >= 11 is 0. The summed E-state index contributed by atoms with van der Waals surface area (Å²) in [6, 6.07) is 22.2. The Balaban J connectivity index is 2.04. The predicted octanol–water partition coefficient (Wildman–Crippen LogP) is 4.97. The first-order valence-corrected chi connectivity index (χ1v) is 15.5. The van der Waals surface area contributed by atoms with Crippen molar-refractivity contribution in [2.45, 2.75) is 57.4 Å². The molecule has 0 bridgehead atoms. The quantitative estimate of drug-likeness (QED) is 0.257. The summed E-state index contributed by atoms with van der Waals surface area (Å²) in [5.41, 5.74) is 2.08. The summed E-state index contributed by atoms with van der Waals surface area (Å²) in [5.74, 6) is -0.391. The molecule has 1 atom stereocenters. The molecule has 3 aromatic carbocycles. The van der Waals surface area contributed by atoms with Crippen molar-refractivity contribution in [1.29, 1.82) is 0 Å². The topological polar surface area (TPSA) is 96.0 Å². The average molecular weight is 580 g/mol. The van der Waals surface area contributed by atoms with E-state index in [9.17, 15) is 18.0 Å². The Bertz CT molecular complexity index is 1380. The molecule has 41 heavy (non-hydrogen) atoms. The summed E-state index contributed by atoms with van der Waals surface area (Å²) in [6.07, 6.45) is 2.66. The highest BCUT2D eigenvalue weighted by molar-refractivity contribution is 7.92. The van der Waals surface area contributed by atoms with E-state index in [1.54, 1.807) is 30.3 Å². The third kappa shape index (κ3) is 8.33. The highest BCUT2D eigenvalue weighted by Crippen LogP contribution is 2.33. The van der Waals surface area contributed by atoms with E-state index in [0.29, 0.717) is 25.1 Å². The SMILES string of the molecule is CCCCNC(=O)[C@@H](CC)N(CCc1ccccc1)C(=O)CN(c1cc(C)ccc1OC)S(=O)(=O)c1ccccc1. The van der Waals surface area contributed by atoms with Crippen LogP contribution in [0.2, 0.25) is 0 Å². The molecule has 0 radical (unpaired) electrons. The Morgan fingerprint density at radius 3 is 2.22 bits per heavy atom. The van der Waals surface area contributed by atoms with E-state index < -0.39 is 28.5 Å². The van der Waals surface area contributed by atoms with Crippen molar-refractivity contribution in [2.75, 3.05) is 31.0 Å². The monoisotopic (exact) mass is 579 g/mol. The molecule has 8 nitrogen and oxygen atoms in total. The number of amides is 2. The number of rotatable bonds is 15. The maximum absolute atomic E-state index is 14.1. The predicted molar refractivity (Wildman–Crippen MR) is 163 cm³/mol. The van der Waals surface area contributed by atoms with Crippen molar-refractivity contribution in [3.05, 3.63) is 90.0 Å². The lowest BCUT2D eigenvalue weighted by Gasteiger charge is -2.33. The van der Waals surface area contributed by atoms with Gasteiger partial charge in [-0.3, -0.25) is 13.9 Å². The molecule has 0 saturated heterocycles. The van der Waals surface area contributed by atoms with E-state index in [0.717, 1.165) is 28.3 Å². The minimum Gasteiger partial charge on any atom is -0.495 e. The number of nitrogens with zero attached hydrogens (tertiary/aromatic N) is 2. The van der Waals surface area contributed by atoms with Crippen LogP contribution in [-0.4, -0.2) is 57.9 Å². The normalized spacial score (nSPS) is 11.9. The molecule has 0 saturated carbocycles. The highest BCUT2D eigenvalue weighted by atomic mass is 32.2. The van der Waals surface area contributed by atoms with Crippen molar-refractivity contribution < 1.29 is 22.7 Å². The number of methoxy groups -OCH3 is 1. The van der Waals surface area contributed by atoms with E-state index in [4.69, 9.17) is 4.74 Å². The molecule has 220 valence electrons. The van der Waals surface area contributed by atoms with Crippen molar-refractivity contribution in [1.82, 2.24) is 10.2 Å². The largest absolute Gasteiger partial charge is 0.495 e. The summed E-state index contributed by atoms with van der Waals surface area (Å²) in [6.45, 7) is 6.02. The van der Waals surface area contributed by atoms with Crippen LogP contribution in [0.4, 0.5) is 5.69 Å². The number of anilines is 1. The number of carbonyl (C=O) groups is 2. The van der Waals surface area contributed by atoms with Crippen LogP contribution in [0.15, 0.2) is 83.8 Å². The van der Waals surface area contributed by atoms with Gasteiger partial charge in [-0.2, -0.15) is 0 Å². The molecule has 1 N–H and O–H groups in total. The Kier molecular flexibility index (Phi) is 11.8. The molecule has 0 heterocycles. The summed E-state index contributed by atoms with van der Waals surface area (Å²) in [5, 5.41) is 2.95. The van der Waals surface area contributed by atoms with Gasteiger partial charge in [-0.1, -0.05) is 74.9 Å². The van der Waals surface area contributed by atoms with Crippen LogP contribution in [0, 0.1) is 6.92 Å². The molecule has 3 aromatic rings. The summed E-state index contributed by atoms with van der Waals surface area (Å²) in [4.78, 5) is 29.0. The first kappa shape index (κ1) is 31.7. The number of aryl methyl sites for hydroxylation is 1. The minimum atomic E-state index is -4.16. The molecule has 0 fully saturated rings. The van der Waals surface area contributed by atoms with Crippen LogP contribution in [0.1, 0.15) is 44.2 Å². The third-order valence-corrected chi connectivity index (χ3v) is 8.69. The Morgan fingerprint density at radius 1 is 0.951 bits per heavy atom. The molecule has 3 rings (SSSR count). The van der Waals surface area contributed by atoms with Crippen molar-refractivity contribution in [3.8, 4) is 5.75 Å². The number of hydrogen-bond acceptors (Lipinski definition) is 5. The fourth-order valence-electron chi connectivity index (χ4n) is 4.63. The van der Waals surface area contributed by atoms with Crippen molar-refractivity contribution in [2.24, 2.45) is 0 Å². The number of carbonyl (C=O) groups excluding carboxylic acids is 2. The maximum Gasteiger partial charge on any atom is 0.264 e. The Hall–Kier alpha value is -3.85. The first-order valence-electron chi connectivity index (χ1n) is 14.1. The Morgan fingerprint density at radius 2 is 1.61 bits per heavy atom. The molecular weight excluding hydrogens is 538 g/mol. The zero-order chi connectivity index (χ0) is 29.8. The van der Waals surface area contributed by atoms with E-state index in [1.165, 1.54) is 24.1 Å². The van der Waals surface area contributed by atoms with Gasteiger partial charge >= 0.3 is 0 Å². The van der Waals surface area contributed by atoms with Gasteiger partial charge in [0.15, 0.2) is 0 Å². The zero-order valence-electron chi connectivity index (χ0n) is 24.4. The molecule has 0 aliphatic rings. The second kappa shape index (κ2) is 15.2. The Labute approximate surface area is 244 Å². The summed E-state index contributed by atoms with van der Waals surface area (Å²) < 4.78 is 34.7. The average Bonchev–Trinajstić information content (AvgIpc) is 2.98. The molecule has 0 aromatic heterocycles. The number of sulfonamides is 1. The lowest BCUT2D eigenvalue weighted by molar-refractivity contribution is -0.139. The van der Waals surface area contributed by atoms with Gasteiger partial charge in [0.1, 0.15) is 18.3 Å². The molecule has 2 amide bonds. The van der Waals surface area contributed by atoms with Gasteiger partial charge in [-0.05, 0) is 61.6 Å². The van der Waals surface area contributed by atoms with Crippen LogP contribution in [0.25, 0.3) is 0 Å². The molecular formula is C32H41N3O5S. The van der Waals surface area contributed by atoms with Gasteiger partial charge in [-0.15, -0.1) is 0 Å². The molecule has 0 spiro atoms. The molecule has 0 aliphatic heterocycles. The second-order valence-electron chi connectivity index (χ2n) is 9.89. The lowest BCUT2D eigenvalue weighted by atomic mass is 10.1. The lowest BCUT2D eigenvalue weighted by Crippen LogP contribution is -2.53. The van der Waals surface area contributed by atoms with Crippen LogP contribution < -0.4 is 14.4 Å². The van der Waals surface area contributed by atoms with Crippen LogP contribution in [-0.2, 0) is 26.0 Å². The highest BCUT2D eigenvalue weighted by Gasteiger charge is 2.34. The fraction of sp³-hybridized carbons (Fsp3) is 0.375. The van der Waals surface area contributed by atoms with Crippen molar-refractivity contribution >= 4 is 27.5 Å². The van der Waals surface area contributed by atoms with Gasteiger partial charge in [0.2, 0.25) is 11.8 Å². The van der Waals surface area contributed by atoms with E-state index in [2.05, 4.69) is 5.32 Å². The molecule has 0 aliphatic carbocycles. The number of ether oxygens (including phenoxy) is 1. The van der Waals surface area contributed by atoms with Gasteiger partial charge in [0.05, 0.1) is 17.7 Å². The minimum absolute atomic E-state index is 0.0524. The molecule has 9 heteroatoms. The standard InChI is InChI=1S/C32H41N3O5S/c1-5-7-21-33-32(37)28(6-2)34(22-20-26-14-10-8-11-15-26)31(36)24-35(29-23-25(3)18-19-30(29)40-4)41(38,39)27-16-12-9-13-17-27/h8-19,23,28H,5-7,20-22,24H2,1-4H3,(H,33,37)/t28-/m1/s1.